The molecule has 0 saturated heterocycles. The highest BCUT2D eigenvalue weighted by Crippen LogP contribution is 2.41. The third-order valence-electron chi connectivity index (χ3n) is 5.96. The van der Waals surface area contributed by atoms with E-state index in [1.54, 1.807) is 0 Å². The van der Waals surface area contributed by atoms with E-state index in [0.29, 0.717) is 0 Å². The Hall–Kier alpha value is -2.51. The van der Waals surface area contributed by atoms with Gasteiger partial charge >= 0.3 is 0 Å². The van der Waals surface area contributed by atoms with Gasteiger partial charge in [0, 0.05) is 10.7 Å². The van der Waals surface area contributed by atoms with Gasteiger partial charge in [-0.3, -0.25) is 0 Å². The Balaban J connectivity index is 1.92. The molecule has 1 aliphatic rings. The summed E-state index contributed by atoms with van der Waals surface area (Å²) in [6.07, 6.45) is 3.58. The Morgan fingerprint density at radius 2 is 1.70 bits per heavy atom. The Kier molecular flexibility index (Phi) is 3.87. The summed E-state index contributed by atoms with van der Waals surface area (Å²) in [5, 5.41) is 5.96. The Bertz CT molecular complexity index is 1170. The third kappa shape index (κ3) is 2.78. The molecule has 27 heavy (non-hydrogen) atoms. The van der Waals surface area contributed by atoms with Crippen LogP contribution in [0.4, 0.5) is 5.69 Å². The van der Waals surface area contributed by atoms with Crippen molar-refractivity contribution in [2.75, 3.05) is 5.73 Å². The van der Waals surface area contributed by atoms with Crippen molar-refractivity contribution in [2.24, 2.45) is 5.92 Å². The van der Waals surface area contributed by atoms with Crippen molar-refractivity contribution in [3.63, 3.8) is 0 Å². The summed E-state index contributed by atoms with van der Waals surface area (Å²) in [6.45, 7) is 2.36. The highest BCUT2D eigenvalue weighted by Gasteiger charge is 2.20. The molecule has 1 nitrogen and oxygen atoms in total. The molecular formula is C25H22ClN. The molecule has 0 radical (unpaired) electrons. The number of nitrogen functional groups attached to an aromatic ring is 1. The van der Waals surface area contributed by atoms with Crippen molar-refractivity contribution in [3.8, 4) is 11.1 Å². The van der Waals surface area contributed by atoms with Crippen molar-refractivity contribution >= 4 is 38.8 Å². The van der Waals surface area contributed by atoms with Gasteiger partial charge in [-0.2, -0.15) is 0 Å². The lowest BCUT2D eigenvalue weighted by atomic mass is 9.80. The number of hydrogen-bond donors (Lipinski definition) is 1. The number of aryl methyl sites for hydroxylation is 1. The summed E-state index contributed by atoms with van der Waals surface area (Å²) in [7, 11) is 0. The fourth-order valence-electron chi connectivity index (χ4n) is 4.60. The Labute approximate surface area is 164 Å². The van der Waals surface area contributed by atoms with Gasteiger partial charge in [0.05, 0.1) is 0 Å². The van der Waals surface area contributed by atoms with Crippen LogP contribution in [0.3, 0.4) is 0 Å². The van der Waals surface area contributed by atoms with Gasteiger partial charge in [0.15, 0.2) is 0 Å². The molecule has 2 heteroatoms. The van der Waals surface area contributed by atoms with Crippen molar-refractivity contribution in [3.05, 3.63) is 76.8 Å². The molecule has 1 unspecified atom stereocenters. The van der Waals surface area contributed by atoms with Crippen LogP contribution < -0.4 is 5.73 Å². The maximum Gasteiger partial charge on any atom is 0.0406 e. The summed E-state index contributed by atoms with van der Waals surface area (Å²) in [5.41, 5.74) is 12.4. The normalized spacial score (nSPS) is 16.6. The molecule has 0 heterocycles. The quantitative estimate of drug-likeness (QED) is 0.282. The van der Waals surface area contributed by atoms with Gasteiger partial charge < -0.3 is 5.73 Å². The number of hydrogen-bond acceptors (Lipinski definition) is 1. The number of halogens is 1. The van der Waals surface area contributed by atoms with Crippen LogP contribution in [-0.4, -0.2) is 0 Å². The minimum Gasteiger partial charge on any atom is -0.399 e. The topological polar surface area (TPSA) is 26.0 Å². The molecule has 1 atom stereocenters. The van der Waals surface area contributed by atoms with E-state index in [0.717, 1.165) is 23.0 Å². The van der Waals surface area contributed by atoms with Crippen molar-refractivity contribution < 1.29 is 0 Å². The predicted molar refractivity (Wildman–Crippen MR) is 118 cm³/mol. The van der Waals surface area contributed by atoms with Crippen LogP contribution in [0.1, 0.15) is 24.5 Å². The highest BCUT2D eigenvalue weighted by molar-refractivity contribution is 6.30. The minimum absolute atomic E-state index is 0.759. The van der Waals surface area contributed by atoms with E-state index in [1.807, 2.05) is 18.2 Å². The number of nitrogens with two attached hydrogens (primary N) is 1. The van der Waals surface area contributed by atoms with Crippen LogP contribution in [0.25, 0.3) is 32.7 Å². The fraction of sp³-hybridized carbons (Fsp3) is 0.200. The summed E-state index contributed by atoms with van der Waals surface area (Å²) in [4.78, 5) is 0. The smallest absolute Gasteiger partial charge is 0.0406 e. The average Bonchev–Trinajstić information content (AvgIpc) is 2.67. The lowest BCUT2D eigenvalue weighted by Crippen LogP contribution is -2.12. The van der Waals surface area contributed by atoms with Gasteiger partial charge in [0.1, 0.15) is 0 Å². The maximum atomic E-state index is 6.15. The second-order valence-corrected chi connectivity index (χ2v) is 8.32. The van der Waals surface area contributed by atoms with Crippen LogP contribution in [0, 0.1) is 5.92 Å². The molecule has 0 aliphatic heterocycles. The van der Waals surface area contributed by atoms with E-state index in [1.165, 1.54) is 56.6 Å². The zero-order valence-corrected chi connectivity index (χ0v) is 16.2. The lowest BCUT2D eigenvalue weighted by molar-refractivity contribution is 0.503. The summed E-state index contributed by atoms with van der Waals surface area (Å²) in [5.74, 6) is 0.759. The van der Waals surface area contributed by atoms with Crippen molar-refractivity contribution in [1.29, 1.82) is 0 Å². The second kappa shape index (κ2) is 6.28. The van der Waals surface area contributed by atoms with E-state index in [-0.39, 0.29) is 0 Å². The number of rotatable bonds is 1. The number of benzene rings is 4. The van der Waals surface area contributed by atoms with Gasteiger partial charge in [0.25, 0.3) is 0 Å². The third-order valence-corrected chi connectivity index (χ3v) is 6.21. The fourth-order valence-corrected chi connectivity index (χ4v) is 4.72. The SMILES string of the molecule is CC1CCc2c(ccc3c2c(-c2ccc(Cl)cc2)cc2cc(N)ccc23)C1. The standard InChI is InChI=1S/C25H22ClN/c1-15-2-9-22-17(12-15)5-10-23-21-11-8-20(27)13-18(21)14-24(25(22)23)16-3-6-19(26)7-4-16/h3-8,10-11,13-15H,2,9,12,27H2,1H3. The largest absolute Gasteiger partial charge is 0.399 e. The molecule has 1 aliphatic carbocycles. The van der Waals surface area contributed by atoms with Gasteiger partial charge in [-0.15, -0.1) is 0 Å². The van der Waals surface area contributed by atoms with E-state index < -0.39 is 0 Å². The molecule has 4 aromatic carbocycles. The van der Waals surface area contributed by atoms with Gasteiger partial charge in [0.2, 0.25) is 0 Å². The summed E-state index contributed by atoms with van der Waals surface area (Å²) >= 11 is 6.15. The number of fused-ring (bicyclic) bond motifs is 5. The first-order valence-electron chi connectivity index (χ1n) is 9.63. The molecule has 134 valence electrons. The average molecular weight is 372 g/mol. The molecule has 0 saturated carbocycles. The molecule has 0 bridgehead atoms. The van der Waals surface area contributed by atoms with E-state index in [4.69, 9.17) is 17.3 Å². The maximum absolute atomic E-state index is 6.15. The Morgan fingerprint density at radius 1 is 0.926 bits per heavy atom. The number of anilines is 1. The summed E-state index contributed by atoms with van der Waals surface area (Å²) in [6, 6.07) is 21.4. The Morgan fingerprint density at radius 3 is 2.52 bits per heavy atom. The monoisotopic (exact) mass is 371 g/mol. The van der Waals surface area contributed by atoms with Gasteiger partial charge in [-0.25, -0.2) is 0 Å². The van der Waals surface area contributed by atoms with Crippen LogP contribution in [-0.2, 0) is 12.8 Å². The highest BCUT2D eigenvalue weighted by atomic mass is 35.5. The van der Waals surface area contributed by atoms with Crippen molar-refractivity contribution in [2.45, 2.75) is 26.2 Å². The van der Waals surface area contributed by atoms with E-state index in [9.17, 15) is 0 Å². The molecule has 0 amide bonds. The van der Waals surface area contributed by atoms with Crippen LogP contribution in [0.15, 0.2) is 60.7 Å². The summed E-state index contributed by atoms with van der Waals surface area (Å²) < 4.78 is 0. The molecule has 4 aromatic rings. The van der Waals surface area contributed by atoms with Gasteiger partial charge in [-0.05, 0) is 99.3 Å². The van der Waals surface area contributed by atoms with Crippen LogP contribution >= 0.6 is 11.6 Å². The van der Waals surface area contributed by atoms with E-state index >= 15 is 0 Å². The van der Waals surface area contributed by atoms with Crippen LogP contribution in [0.5, 0.6) is 0 Å². The van der Waals surface area contributed by atoms with Crippen molar-refractivity contribution in [1.82, 2.24) is 0 Å². The molecule has 0 aromatic heterocycles. The first kappa shape index (κ1) is 16.6. The first-order chi connectivity index (χ1) is 13.1. The first-order valence-corrected chi connectivity index (χ1v) is 10.0. The zero-order valence-electron chi connectivity index (χ0n) is 15.4. The molecule has 0 spiro atoms. The molecule has 0 fully saturated rings. The lowest BCUT2D eigenvalue weighted by Gasteiger charge is -2.25. The minimum atomic E-state index is 0.759. The van der Waals surface area contributed by atoms with Gasteiger partial charge in [-0.1, -0.05) is 48.9 Å². The second-order valence-electron chi connectivity index (χ2n) is 7.89. The molecule has 2 N–H and O–H groups in total. The zero-order chi connectivity index (χ0) is 18.5. The molecular weight excluding hydrogens is 350 g/mol. The van der Waals surface area contributed by atoms with Crippen LogP contribution in [0.2, 0.25) is 5.02 Å². The molecule has 5 rings (SSSR count). The van der Waals surface area contributed by atoms with E-state index in [2.05, 4.69) is 49.4 Å². The predicted octanol–water partition coefficient (Wildman–Crippen LogP) is 7.02.